The lowest BCUT2D eigenvalue weighted by molar-refractivity contribution is 0.131. The molecule has 1 aliphatic rings. The van der Waals surface area contributed by atoms with Gasteiger partial charge in [-0.2, -0.15) is 0 Å². The quantitative estimate of drug-likeness (QED) is 0.645. The number of likely N-dealkylation sites (N-methyl/N-ethyl adjacent to an activating group) is 1. The van der Waals surface area contributed by atoms with Gasteiger partial charge in [0.05, 0.1) is 18.5 Å². The van der Waals surface area contributed by atoms with Crippen LogP contribution in [0, 0.1) is 0 Å². The summed E-state index contributed by atoms with van der Waals surface area (Å²) in [6.45, 7) is 8.79. The lowest BCUT2D eigenvalue weighted by atomic mass is 10.0. The van der Waals surface area contributed by atoms with Crippen LogP contribution in [0.4, 0.5) is 0 Å². The molecule has 4 nitrogen and oxygen atoms in total. The molecule has 0 N–H and O–H groups in total. The van der Waals surface area contributed by atoms with Crippen LogP contribution >= 0.6 is 0 Å². The van der Waals surface area contributed by atoms with E-state index < -0.39 is 0 Å². The molecular formula is C24H31N3O. The van der Waals surface area contributed by atoms with Gasteiger partial charge >= 0.3 is 0 Å². The Hall–Kier alpha value is -2.43. The molecule has 3 aromatic rings. The van der Waals surface area contributed by atoms with Crippen molar-refractivity contribution in [2.24, 2.45) is 0 Å². The van der Waals surface area contributed by atoms with E-state index in [2.05, 4.69) is 59.2 Å². The van der Waals surface area contributed by atoms with Crippen molar-refractivity contribution in [2.75, 3.05) is 39.8 Å². The molecule has 0 spiro atoms. The second kappa shape index (κ2) is 9.18. The predicted octanol–water partition coefficient (Wildman–Crippen LogP) is 4.68. The largest absolute Gasteiger partial charge is 0.497 e. The summed E-state index contributed by atoms with van der Waals surface area (Å²) in [6, 6.07) is 18.9. The molecule has 0 amide bonds. The molecule has 4 rings (SSSR count). The maximum absolute atomic E-state index is 5.29. The molecule has 0 atom stereocenters. The van der Waals surface area contributed by atoms with Crippen LogP contribution in [-0.4, -0.2) is 54.6 Å². The zero-order valence-corrected chi connectivity index (χ0v) is 16.2. The van der Waals surface area contributed by atoms with Crippen molar-refractivity contribution in [1.29, 1.82) is 0 Å². The summed E-state index contributed by atoms with van der Waals surface area (Å²) >= 11 is 0. The van der Waals surface area contributed by atoms with Crippen LogP contribution in [0.2, 0.25) is 0 Å². The summed E-state index contributed by atoms with van der Waals surface area (Å²) in [5.41, 5.74) is 3.32. The molecule has 2 aromatic carbocycles. The highest BCUT2D eigenvalue weighted by Crippen LogP contribution is 2.27. The summed E-state index contributed by atoms with van der Waals surface area (Å²) in [4.78, 5) is 10.1. The van der Waals surface area contributed by atoms with Gasteiger partial charge in [-0.15, -0.1) is 0 Å². The number of methoxy groups -OCH3 is 1. The van der Waals surface area contributed by atoms with Crippen molar-refractivity contribution in [1.82, 2.24) is 14.8 Å². The number of hydrogen-bond donors (Lipinski definition) is 0. The Bertz CT molecular complexity index is 899. The van der Waals surface area contributed by atoms with Gasteiger partial charge in [0.1, 0.15) is 5.75 Å². The zero-order chi connectivity index (χ0) is 18.6. The fourth-order valence-electron chi connectivity index (χ4n) is 3.78. The second-order valence-electron chi connectivity index (χ2n) is 7.11. The van der Waals surface area contributed by atoms with Crippen molar-refractivity contribution in [3.63, 3.8) is 0 Å². The Balaban J connectivity index is 0.00000225. The molecule has 0 unspecified atom stereocenters. The van der Waals surface area contributed by atoms with E-state index in [0.717, 1.165) is 56.3 Å². The van der Waals surface area contributed by atoms with Crippen LogP contribution in [0.5, 0.6) is 5.75 Å². The van der Waals surface area contributed by atoms with Crippen LogP contribution in [0.25, 0.3) is 22.0 Å². The first kappa shape index (κ1) is 20.3. The van der Waals surface area contributed by atoms with Crippen LogP contribution in [0.3, 0.4) is 0 Å². The summed E-state index contributed by atoms with van der Waals surface area (Å²) in [6.07, 6.45) is 0. The maximum atomic E-state index is 5.29. The highest BCUT2D eigenvalue weighted by Gasteiger charge is 2.17. The molecule has 28 heavy (non-hydrogen) atoms. The molecule has 1 aromatic heterocycles. The minimum atomic E-state index is 0. The van der Waals surface area contributed by atoms with Gasteiger partial charge in [0, 0.05) is 43.7 Å². The fraction of sp³-hybridized carbons (Fsp3) is 0.375. The van der Waals surface area contributed by atoms with Gasteiger partial charge in [0.25, 0.3) is 0 Å². The van der Waals surface area contributed by atoms with Gasteiger partial charge in [0.15, 0.2) is 0 Å². The van der Waals surface area contributed by atoms with Crippen molar-refractivity contribution < 1.29 is 4.74 Å². The third kappa shape index (κ3) is 4.34. The van der Waals surface area contributed by atoms with Crippen molar-refractivity contribution in [3.05, 3.63) is 60.3 Å². The van der Waals surface area contributed by atoms with Crippen LogP contribution in [0.15, 0.2) is 54.6 Å². The Morgan fingerprint density at radius 2 is 1.61 bits per heavy atom. The summed E-state index contributed by atoms with van der Waals surface area (Å²) in [7, 11) is 1.69. The average molecular weight is 378 g/mol. The van der Waals surface area contributed by atoms with E-state index in [4.69, 9.17) is 9.72 Å². The second-order valence-corrected chi connectivity index (χ2v) is 7.11. The SMILES string of the molecule is C.CCN1CCN(Cc2nc(-c3ccc(OC)cc3)cc3ccccc23)CC1. The average Bonchev–Trinajstić information content (AvgIpc) is 2.74. The van der Waals surface area contributed by atoms with Crippen LogP contribution in [-0.2, 0) is 6.54 Å². The van der Waals surface area contributed by atoms with E-state index in [0.29, 0.717) is 0 Å². The van der Waals surface area contributed by atoms with Gasteiger partial charge in [-0.1, -0.05) is 38.6 Å². The molecule has 0 aliphatic carbocycles. The number of aromatic nitrogens is 1. The number of nitrogens with zero attached hydrogens (tertiary/aromatic N) is 3. The van der Waals surface area contributed by atoms with Gasteiger partial charge in [0.2, 0.25) is 0 Å². The molecule has 0 saturated carbocycles. The monoisotopic (exact) mass is 377 g/mol. The van der Waals surface area contributed by atoms with Gasteiger partial charge < -0.3 is 9.64 Å². The third-order valence-electron chi connectivity index (χ3n) is 5.49. The Labute approximate surface area is 168 Å². The van der Waals surface area contributed by atoms with Crippen molar-refractivity contribution in [3.8, 4) is 17.0 Å². The van der Waals surface area contributed by atoms with E-state index >= 15 is 0 Å². The van der Waals surface area contributed by atoms with E-state index in [1.807, 2.05) is 12.1 Å². The number of benzene rings is 2. The summed E-state index contributed by atoms with van der Waals surface area (Å²) in [5.74, 6) is 0.869. The molecule has 1 saturated heterocycles. The highest BCUT2D eigenvalue weighted by molar-refractivity contribution is 5.87. The Morgan fingerprint density at radius 1 is 0.929 bits per heavy atom. The predicted molar refractivity (Wildman–Crippen MR) is 118 cm³/mol. The molecule has 1 fully saturated rings. The first-order chi connectivity index (χ1) is 13.3. The topological polar surface area (TPSA) is 28.6 Å². The summed E-state index contributed by atoms with van der Waals surface area (Å²) in [5, 5.41) is 2.51. The van der Waals surface area contributed by atoms with E-state index in [-0.39, 0.29) is 7.43 Å². The van der Waals surface area contributed by atoms with E-state index in [1.54, 1.807) is 7.11 Å². The number of ether oxygens (including phenoxy) is 1. The van der Waals surface area contributed by atoms with Crippen molar-refractivity contribution in [2.45, 2.75) is 20.9 Å². The number of fused-ring (bicyclic) bond motifs is 1. The first-order valence-corrected chi connectivity index (χ1v) is 9.74. The lowest BCUT2D eigenvalue weighted by Crippen LogP contribution is -2.45. The molecule has 1 aliphatic heterocycles. The van der Waals surface area contributed by atoms with E-state index in [9.17, 15) is 0 Å². The van der Waals surface area contributed by atoms with Gasteiger partial charge in [-0.05, 0) is 42.3 Å². The fourth-order valence-corrected chi connectivity index (χ4v) is 3.78. The van der Waals surface area contributed by atoms with E-state index in [1.165, 1.54) is 16.5 Å². The highest BCUT2D eigenvalue weighted by atomic mass is 16.5. The normalized spacial score (nSPS) is 15.4. The Kier molecular flexibility index (Phi) is 6.65. The smallest absolute Gasteiger partial charge is 0.118 e. The number of piperazine rings is 1. The molecule has 148 valence electrons. The zero-order valence-electron chi connectivity index (χ0n) is 16.2. The van der Waals surface area contributed by atoms with Crippen LogP contribution < -0.4 is 4.74 Å². The van der Waals surface area contributed by atoms with Crippen LogP contribution in [0.1, 0.15) is 20.0 Å². The molecule has 2 heterocycles. The number of pyridine rings is 1. The third-order valence-corrected chi connectivity index (χ3v) is 5.49. The minimum absolute atomic E-state index is 0. The van der Waals surface area contributed by atoms with Crippen molar-refractivity contribution >= 4 is 10.8 Å². The maximum Gasteiger partial charge on any atom is 0.118 e. The first-order valence-electron chi connectivity index (χ1n) is 9.74. The number of hydrogen-bond acceptors (Lipinski definition) is 4. The standard InChI is InChI=1S/C23H27N3O.CH4/c1-3-25-12-14-26(15-13-25)17-23-21-7-5-4-6-19(21)16-22(24-23)18-8-10-20(27-2)11-9-18;/h4-11,16H,3,12-15,17H2,1-2H3;1H4. The lowest BCUT2D eigenvalue weighted by Gasteiger charge is -2.34. The summed E-state index contributed by atoms with van der Waals surface area (Å²) < 4.78 is 5.29. The Morgan fingerprint density at radius 3 is 2.29 bits per heavy atom. The number of rotatable bonds is 5. The molecule has 0 bridgehead atoms. The molecule has 4 heteroatoms. The molecule has 0 radical (unpaired) electrons. The molecular weight excluding hydrogens is 346 g/mol. The van der Waals surface area contributed by atoms with Gasteiger partial charge in [-0.3, -0.25) is 9.88 Å². The minimum Gasteiger partial charge on any atom is -0.497 e. The van der Waals surface area contributed by atoms with Gasteiger partial charge in [-0.25, -0.2) is 0 Å².